The summed E-state index contributed by atoms with van der Waals surface area (Å²) in [4.78, 5) is 4.30. The first-order valence-corrected chi connectivity index (χ1v) is 8.31. The lowest BCUT2D eigenvalue weighted by Crippen LogP contribution is -2.29. The van der Waals surface area contributed by atoms with Gasteiger partial charge in [0, 0.05) is 28.3 Å². The van der Waals surface area contributed by atoms with Crippen molar-refractivity contribution in [3.05, 3.63) is 53.7 Å². The number of benzene rings is 1. The van der Waals surface area contributed by atoms with E-state index < -0.39 is 11.1 Å². The van der Waals surface area contributed by atoms with Gasteiger partial charge in [-0.05, 0) is 61.5 Å². The minimum absolute atomic E-state index is 0.113. The summed E-state index contributed by atoms with van der Waals surface area (Å²) in [6.45, 7) is 3.79. The van der Waals surface area contributed by atoms with Crippen molar-refractivity contribution in [2.45, 2.75) is 29.9 Å². The maximum absolute atomic E-state index is 12.7. The molecule has 132 valence electrons. The van der Waals surface area contributed by atoms with Gasteiger partial charge in [-0.15, -0.1) is 0 Å². The van der Waals surface area contributed by atoms with Crippen molar-refractivity contribution in [2.75, 3.05) is 7.11 Å². The first kappa shape index (κ1) is 17.7. The molecule has 0 atom stereocenters. The van der Waals surface area contributed by atoms with Crippen LogP contribution in [-0.2, 0) is 0 Å². The van der Waals surface area contributed by atoms with E-state index >= 15 is 0 Å². The zero-order valence-corrected chi connectivity index (χ0v) is 14.7. The molecule has 2 aromatic rings. The number of ether oxygens (including phenoxy) is 2. The van der Waals surface area contributed by atoms with Crippen LogP contribution in [0, 0.1) is 0 Å². The average Bonchev–Trinajstić information content (AvgIpc) is 2.52. The van der Waals surface area contributed by atoms with Gasteiger partial charge >= 0.3 is 5.51 Å². The minimum Gasteiger partial charge on any atom is -0.483 e. The summed E-state index contributed by atoms with van der Waals surface area (Å²) in [6, 6.07) is 8.04. The number of hydrogen-bond donors (Lipinski definition) is 0. The summed E-state index contributed by atoms with van der Waals surface area (Å²) in [7, 11) is 1.52. The summed E-state index contributed by atoms with van der Waals surface area (Å²) >= 11 is -0.142. The van der Waals surface area contributed by atoms with Crippen LogP contribution in [0.15, 0.2) is 47.5 Å². The molecule has 0 bridgehead atoms. The predicted octanol–water partition coefficient (Wildman–Crippen LogP) is 5.30. The van der Waals surface area contributed by atoms with Crippen LogP contribution >= 0.6 is 11.8 Å². The Morgan fingerprint density at radius 1 is 1.16 bits per heavy atom. The van der Waals surface area contributed by atoms with Gasteiger partial charge in [0.25, 0.3) is 0 Å². The second-order valence-corrected chi connectivity index (χ2v) is 7.20. The Kier molecular flexibility index (Phi) is 4.45. The average molecular weight is 367 g/mol. The lowest BCUT2D eigenvalue weighted by atomic mass is 9.91. The lowest BCUT2D eigenvalue weighted by molar-refractivity contribution is -0.0328. The molecule has 0 radical (unpaired) electrons. The highest BCUT2D eigenvalue weighted by atomic mass is 32.2. The smallest absolute Gasteiger partial charge is 0.446 e. The molecule has 0 saturated heterocycles. The van der Waals surface area contributed by atoms with Crippen LogP contribution in [-0.4, -0.2) is 23.2 Å². The summed E-state index contributed by atoms with van der Waals surface area (Å²) in [5.41, 5.74) is -2.74. The van der Waals surface area contributed by atoms with Gasteiger partial charge in [-0.1, -0.05) is 0 Å². The summed E-state index contributed by atoms with van der Waals surface area (Å²) in [5, 5.41) is 0. The van der Waals surface area contributed by atoms with Gasteiger partial charge < -0.3 is 9.47 Å². The van der Waals surface area contributed by atoms with Crippen LogP contribution in [0.5, 0.6) is 11.6 Å². The molecule has 3 rings (SSSR count). The lowest BCUT2D eigenvalue weighted by Gasteiger charge is -2.31. The summed E-state index contributed by atoms with van der Waals surface area (Å²) < 4.78 is 49.0. The summed E-state index contributed by atoms with van der Waals surface area (Å²) in [6.07, 6.45) is 3.53. The zero-order valence-electron chi connectivity index (χ0n) is 13.8. The third-order valence-electron chi connectivity index (χ3n) is 3.60. The fourth-order valence-corrected chi connectivity index (χ4v) is 3.22. The molecule has 0 spiro atoms. The zero-order chi connectivity index (χ0) is 18.2. The number of halogens is 3. The number of rotatable bonds is 3. The highest BCUT2D eigenvalue weighted by Crippen LogP contribution is 2.44. The number of nitrogens with zero attached hydrogens (tertiary/aromatic N) is 1. The molecular formula is C18H16F3NO2S. The monoisotopic (exact) mass is 367 g/mol. The molecule has 0 N–H and O–H groups in total. The molecule has 0 unspecified atom stereocenters. The van der Waals surface area contributed by atoms with Gasteiger partial charge in [0.15, 0.2) is 0 Å². The highest BCUT2D eigenvalue weighted by molar-refractivity contribution is 8.00. The SMILES string of the molecule is COc1ccc(C2=CC(C)(C)Oc3ccc(SC(F)(F)F)cc32)cn1. The molecule has 0 saturated carbocycles. The summed E-state index contributed by atoms with van der Waals surface area (Å²) in [5.74, 6) is 1.02. The van der Waals surface area contributed by atoms with Crippen molar-refractivity contribution in [1.82, 2.24) is 4.98 Å². The fraction of sp³-hybridized carbons (Fsp3) is 0.278. The molecule has 1 aromatic carbocycles. The molecule has 0 aliphatic carbocycles. The van der Waals surface area contributed by atoms with Crippen LogP contribution in [0.2, 0.25) is 0 Å². The number of pyridine rings is 1. The van der Waals surface area contributed by atoms with Crippen molar-refractivity contribution in [3.63, 3.8) is 0 Å². The number of thioether (sulfide) groups is 1. The Labute approximate surface area is 147 Å². The van der Waals surface area contributed by atoms with E-state index in [1.165, 1.54) is 19.2 Å². The van der Waals surface area contributed by atoms with Gasteiger partial charge in [0.05, 0.1) is 7.11 Å². The number of aromatic nitrogens is 1. The van der Waals surface area contributed by atoms with Crippen molar-refractivity contribution in [2.24, 2.45) is 0 Å². The number of alkyl halides is 3. The van der Waals surface area contributed by atoms with Gasteiger partial charge in [0.1, 0.15) is 11.4 Å². The maximum Gasteiger partial charge on any atom is 0.446 e. The molecule has 0 amide bonds. The number of methoxy groups -OCH3 is 1. The van der Waals surface area contributed by atoms with Crippen molar-refractivity contribution in [3.8, 4) is 11.6 Å². The molecule has 1 aromatic heterocycles. The van der Waals surface area contributed by atoms with E-state index in [2.05, 4.69) is 4.98 Å². The van der Waals surface area contributed by atoms with Crippen molar-refractivity contribution < 1.29 is 22.6 Å². The molecule has 3 nitrogen and oxygen atoms in total. The molecule has 25 heavy (non-hydrogen) atoms. The quantitative estimate of drug-likeness (QED) is 0.689. The van der Waals surface area contributed by atoms with Crippen LogP contribution in [0.1, 0.15) is 25.0 Å². The van der Waals surface area contributed by atoms with E-state index in [9.17, 15) is 13.2 Å². The van der Waals surface area contributed by atoms with E-state index in [0.29, 0.717) is 17.2 Å². The number of fused-ring (bicyclic) bond motifs is 1. The van der Waals surface area contributed by atoms with E-state index in [0.717, 1.165) is 11.1 Å². The molecular weight excluding hydrogens is 351 g/mol. The molecule has 1 aliphatic heterocycles. The third-order valence-corrected chi connectivity index (χ3v) is 4.32. The molecule has 2 heterocycles. The van der Waals surface area contributed by atoms with Crippen molar-refractivity contribution >= 4 is 17.3 Å². The molecule has 1 aliphatic rings. The van der Waals surface area contributed by atoms with E-state index in [1.54, 1.807) is 18.3 Å². The first-order chi connectivity index (χ1) is 11.7. The standard InChI is InChI=1S/C18H16F3NO2S/c1-17(2)9-14(11-4-7-16(23-3)22-10-11)13-8-12(25-18(19,20)21)5-6-15(13)24-17/h4-10H,1-3H3. The normalized spacial score (nSPS) is 15.8. The third kappa shape index (κ3) is 4.10. The fourth-order valence-electron chi connectivity index (χ4n) is 2.64. The molecule has 7 heteroatoms. The predicted molar refractivity (Wildman–Crippen MR) is 90.9 cm³/mol. The maximum atomic E-state index is 12.7. The van der Waals surface area contributed by atoms with Crippen LogP contribution in [0.3, 0.4) is 0 Å². The Hall–Kier alpha value is -2.15. The molecule has 0 fully saturated rings. The second-order valence-electron chi connectivity index (χ2n) is 6.06. The Morgan fingerprint density at radius 2 is 1.92 bits per heavy atom. The van der Waals surface area contributed by atoms with E-state index in [4.69, 9.17) is 9.47 Å². The van der Waals surface area contributed by atoms with E-state index in [1.807, 2.05) is 26.0 Å². The van der Waals surface area contributed by atoms with Gasteiger partial charge in [0.2, 0.25) is 5.88 Å². The largest absolute Gasteiger partial charge is 0.483 e. The van der Waals surface area contributed by atoms with Crippen LogP contribution in [0.4, 0.5) is 13.2 Å². The topological polar surface area (TPSA) is 31.4 Å². The van der Waals surface area contributed by atoms with Crippen molar-refractivity contribution in [1.29, 1.82) is 0 Å². The van der Waals surface area contributed by atoms with E-state index in [-0.39, 0.29) is 16.7 Å². The number of hydrogen-bond acceptors (Lipinski definition) is 4. The van der Waals surface area contributed by atoms with Gasteiger partial charge in [-0.2, -0.15) is 13.2 Å². The Morgan fingerprint density at radius 3 is 2.52 bits per heavy atom. The Balaban J connectivity index is 2.07. The minimum atomic E-state index is -4.34. The highest BCUT2D eigenvalue weighted by Gasteiger charge is 2.32. The van der Waals surface area contributed by atoms with Gasteiger partial charge in [-0.3, -0.25) is 0 Å². The second kappa shape index (κ2) is 6.29. The first-order valence-electron chi connectivity index (χ1n) is 7.49. The van der Waals surface area contributed by atoms with Crippen LogP contribution < -0.4 is 9.47 Å². The Bertz CT molecular complexity index is 814. The van der Waals surface area contributed by atoms with Gasteiger partial charge in [-0.25, -0.2) is 4.98 Å². The van der Waals surface area contributed by atoms with Crippen LogP contribution in [0.25, 0.3) is 5.57 Å².